The topological polar surface area (TPSA) is 101 Å². The van der Waals surface area contributed by atoms with E-state index >= 15 is 0 Å². The highest BCUT2D eigenvalue weighted by Crippen LogP contribution is 2.16. The molecule has 0 spiro atoms. The zero-order valence-electron chi connectivity index (χ0n) is 10.1. The van der Waals surface area contributed by atoms with E-state index in [0.717, 1.165) is 11.3 Å². The Labute approximate surface area is 104 Å². The third-order valence-electron chi connectivity index (χ3n) is 2.61. The molecule has 0 bridgehead atoms. The molecule has 0 radical (unpaired) electrons. The number of nitrogens with one attached hydrogen (secondary N) is 1. The molecule has 0 atom stereocenters. The van der Waals surface area contributed by atoms with Crippen molar-refractivity contribution in [1.82, 2.24) is 20.3 Å². The van der Waals surface area contributed by atoms with Crippen LogP contribution in [0.5, 0.6) is 0 Å². The van der Waals surface area contributed by atoms with Gasteiger partial charge in [0.1, 0.15) is 11.6 Å². The first-order valence-electron chi connectivity index (χ1n) is 5.45. The molecule has 1 N–H and O–H groups in total. The first-order chi connectivity index (χ1) is 8.72. The lowest BCUT2D eigenvalue weighted by atomic mass is 10.1. The molecule has 18 heavy (non-hydrogen) atoms. The third kappa shape index (κ3) is 2.43. The fourth-order valence-corrected chi connectivity index (χ4v) is 1.46. The Morgan fingerprint density at radius 2 is 2.22 bits per heavy atom. The molecule has 0 saturated carbocycles. The van der Waals surface area contributed by atoms with Gasteiger partial charge >= 0.3 is 0 Å². The zero-order valence-corrected chi connectivity index (χ0v) is 10.1. The van der Waals surface area contributed by atoms with Crippen molar-refractivity contribution in [3.8, 4) is 6.07 Å². The molecular formula is C11H12N6O. The zero-order chi connectivity index (χ0) is 13.0. The van der Waals surface area contributed by atoms with Crippen LogP contribution in [-0.2, 0) is 6.42 Å². The Morgan fingerprint density at radius 3 is 2.89 bits per heavy atom. The number of nitriles is 1. The normalized spacial score (nSPS) is 10.1. The molecule has 2 rings (SSSR count). The van der Waals surface area contributed by atoms with Crippen LogP contribution < -0.4 is 5.32 Å². The highest BCUT2D eigenvalue weighted by atomic mass is 16.5. The van der Waals surface area contributed by atoms with Gasteiger partial charge in [-0.2, -0.15) is 15.3 Å². The van der Waals surface area contributed by atoms with Crippen LogP contribution in [0.15, 0.2) is 10.9 Å². The lowest BCUT2D eigenvalue weighted by molar-refractivity contribution is 0.410. The van der Waals surface area contributed by atoms with E-state index in [1.807, 2.05) is 13.8 Å². The number of rotatable bonds is 4. The molecule has 0 aliphatic carbocycles. The minimum absolute atomic E-state index is 0.490. The molecule has 2 heterocycles. The van der Waals surface area contributed by atoms with E-state index in [4.69, 9.17) is 5.26 Å². The van der Waals surface area contributed by atoms with Gasteiger partial charge in [-0.1, -0.05) is 5.16 Å². The molecule has 7 nitrogen and oxygen atoms in total. The third-order valence-corrected chi connectivity index (χ3v) is 2.61. The van der Waals surface area contributed by atoms with Crippen molar-refractivity contribution in [3.63, 3.8) is 0 Å². The summed E-state index contributed by atoms with van der Waals surface area (Å²) in [7, 11) is 0. The van der Waals surface area contributed by atoms with Gasteiger partial charge in [-0.05, 0) is 19.4 Å². The van der Waals surface area contributed by atoms with Crippen molar-refractivity contribution in [2.75, 3.05) is 11.9 Å². The summed E-state index contributed by atoms with van der Waals surface area (Å²) in [6.07, 6.45) is 1.88. The van der Waals surface area contributed by atoms with Crippen LogP contribution in [0, 0.1) is 25.2 Å². The minimum Gasteiger partial charge on any atom is -0.367 e. The number of aromatic nitrogens is 4. The summed E-state index contributed by atoms with van der Waals surface area (Å²) in [4.78, 5) is 3.90. The van der Waals surface area contributed by atoms with Crippen LogP contribution in [0.4, 0.5) is 5.82 Å². The first-order valence-corrected chi connectivity index (χ1v) is 5.45. The van der Waals surface area contributed by atoms with Crippen molar-refractivity contribution in [1.29, 1.82) is 5.26 Å². The van der Waals surface area contributed by atoms with Crippen molar-refractivity contribution in [3.05, 3.63) is 29.0 Å². The van der Waals surface area contributed by atoms with Crippen molar-refractivity contribution in [2.24, 2.45) is 0 Å². The lowest BCUT2D eigenvalue weighted by Gasteiger charge is -2.08. The van der Waals surface area contributed by atoms with E-state index in [-0.39, 0.29) is 0 Å². The number of aryl methyl sites for hydroxylation is 1. The summed E-state index contributed by atoms with van der Waals surface area (Å²) in [5, 5.41) is 23.8. The quantitative estimate of drug-likeness (QED) is 0.856. The SMILES string of the molecule is Cc1nnc(NCCc2ncon2)c(C#N)c1C. The molecule has 2 aromatic rings. The lowest BCUT2D eigenvalue weighted by Crippen LogP contribution is -2.11. The van der Waals surface area contributed by atoms with Crippen LogP contribution in [0.1, 0.15) is 22.6 Å². The summed E-state index contributed by atoms with van der Waals surface area (Å²) in [6, 6.07) is 2.13. The summed E-state index contributed by atoms with van der Waals surface area (Å²) >= 11 is 0. The fourth-order valence-electron chi connectivity index (χ4n) is 1.46. The second-order valence-electron chi connectivity index (χ2n) is 3.77. The van der Waals surface area contributed by atoms with Gasteiger partial charge in [0.2, 0.25) is 6.39 Å². The molecule has 0 aliphatic heterocycles. The largest absolute Gasteiger partial charge is 0.367 e. The Hall–Kier alpha value is -2.49. The fraction of sp³-hybridized carbons (Fsp3) is 0.364. The Balaban J connectivity index is 2.06. The first kappa shape index (κ1) is 12.0. The molecule has 0 saturated heterocycles. The highest BCUT2D eigenvalue weighted by Gasteiger charge is 2.10. The predicted molar refractivity (Wildman–Crippen MR) is 62.7 cm³/mol. The molecule has 0 unspecified atom stereocenters. The molecule has 0 amide bonds. The molecule has 7 heteroatoms. The van der Waals surface area contributed by atoms with Crippen molar-refractivity contribution >= 4 is 5.82 Å². The summed E-state index contributed by atoms with van der Waals surface area (Å²) in [6.45, 7) is 4.24. The average Bonchev–Trinajstić information content (AvgIpc) is 2.87. The molecule has 0 aromatic carbocycles. The average molecular weight is 244 g/mol. The number of nitrogens with zero attached hydrogens (tertiary/aromatic N) is 5. The highest BCUT2D eigenvalue weighted by molar-refractivity contribution is 5.55. The summed E-state index contributed by atoms with van der Waals surface area (Å²) in [5.74, 6) is 1.10. The monoisotopic (exact) mass is 244 g/mol. The molecule has 92 valence electrons. The van der Waals surface area contributed by atoms with E-state index in [1.165, 1.54) is 6.39 Å². The number of hydrogen-bond donors (Lipinski definition) is 1. The van der Waals surface area contributed by atoms with Gasteiger partial charge in [0.15, 0.2) is 11.6 Å². The van der Waals surface area contributed by atoms with Crippen LogP contribution in [-0.4, -0.2) is 26.9 Å². The van der Waals surface area contributed by atoms with Crippen LogP contribution in [0.2, 0.25) is 0 Å². The molecule has 2 aromatic heterocycles. The molecular weight excluding hydrogens is 232 g/mol. The standard InChI is InChI=1S/C11H12N6O/c1-7-8(2)15-16-11(9(7)5-12)13-4-3-10-14-6-18-17-10/h6H,3-4H2,1-2H3,(H,13,16). The van der Waals surface area contributed by atoms with E-state index in [2.05, 4.69) is 36.2 Å². The second-order valence-corrected chi connectivity index (χ2v) is 3.77. The maximum absolute atomic E-state index is 9.11. The maximum atomic E-state index is 9.11. The Bertz CT molecular complexity index is 572. The van der Waals surface area contributed by atoms with E-state index in [1.54, 1.807) is 0 Å². The van der Waals surface area contributed by atoms with Gasteiger partial charge in [-0.25, -0.2) is 0 Å². The molecule has 0 fully saturated rings. The Morgan fingerprint density at radius 1 is 1.39 bits per heavy atom. The molecule has 0 aliphatic rings. The predicted octanol–water partition coefficient (Wildman–Crippen LogP) is 1.00. The summed E-state index contributed by atoms with van der Waals surface area (Å²) < 4.78 is 4.63. The Kier molecular flexibility index (Phi) is 3.48. The smallest absolute Gasteiger partial charge is 0.213 e. The van der Waals surface area contributed by atoms with Gasteiger partial charge in [0.05, 0.1) is 5.69 Å². The van der Waals surface area contributed by atoms with Crippen LogP contribution in [0.25, 0.3) is 0 Å². The van der Waals surface area contributed by atoms with Gasteiger partial charge in [-0.3, -0.25) is 0 Å². The minimum atomic E-state index is 0.490. The van der Waals surface area contributed by atoms with Crippen molar-refractivity contribution < 1.29 is 4.52 Å². The number of hydrogen-bond acceptors (Lipinski definition) is 7. The van der Waals surface area contributed by atoms with Gasteiger partial charge in [0, 0.05) is 13.0 Å². The van der Waals surface area contributed by atoms with E-state index in [0.29, 0.717) is 30.2 Å². The second kappa shape index (κ2) is 5.23. The van der Waals surface area contributed by atoms with Gasteiger partial charge < -0.3 is 9.84 Å². The van der Waals surface area contributed by atoms with E-state index in [9.17, 15) is 0 Å². The summed E-state index contributed by atoms with van der Waals surface area (Å²) in [5.41, 5.74) is 2.13. The van der Waals surface area contributed by atoms with Gasteiger partial charge in [0.25, 0.3) is 0 Å². The van der Waals surface area contributed by atoms with E-state index < -0.39 is 0 Å². The van der Waals surface area contributed by atoms with Crippen LogP contribution in [0.3, 0.4) is 0 Å². The van der Waals surface area contributed by atoms with Crippen LogP contribution >= 0.6 is 0 Å². The number of anilines is 1. The van der Waals surface area contributed by atoms with Gasteiger partial charge in [-0.15, -0.1) is 5.10 Å². The maximum Gasteiger partial charge on any atom is 0.213 e. The van der Waals surface area contributed by atoms with Crippen molar-refractivity contribution in [2.45, 2.75) is 20.3 Å².